The molecule has 4 heteroatoms. The highest BCUT2D eigenvalue weighted by molar-refractivity contribution is 9.11. The van der Waals surface area contributed by atoms with Gasteiger partial charge in [0.15, 0.2) is 4.67 Å². The lowest BCUT2D eigenvalue weighted by Gasteiger charge is -1.69. The lowest BCUT2D eigenvalue weighted by Crippen LogP contribution is -1.50. The summed E-state index contributed by atoms with van der Waals surface area (Å²) in [5.74, 6) is 0. The summed E-state index contributed by atoms with van der Waals surface area (Å²) in [6, 6.07) is 0. The topological polar surface area (TPSA) is 26.0 Å². The predicted octanol–water partition coefficient (Wildman–Crippen LogP) is 2.20. The second-order valence-corrected chi connectivity index (χ2v) is 2.38. The summed E-state index contributed by atoms with van der Waals surface area (Å²) >= 11 is 6.10. The molecular weight excluding hydrogens is 226 g/mol. The summed E-state index contributed by atoms with van der Waals surface area (Å²) in [5.41, 5.74) is 0. The summed E-state index contributed by atoms with van der Waals surface area (Å²) in [7, 11) is 0. The third kappa shape index (κ3) is 1.28. The van der Waals surface area contributed by atoms with Crippen molar-refractivity contribution in [3.05, 3.63) is 15.7 Å². The average molecular weight is 227 g/mol. The fourth-order valence-electron chi connectivity index (χ4n) is 0.235. The molecule has 0 aliphatic carbocycles. The van der Waals surface area contributed by atoms with Crippen LogP contribution in [0.1, 0.15) is 0 Å². The van der Waals surface area contributed by atoms with E-state index in [1.165, 1.54) is 0 Å². The number of oxazole rings is 1. The first-order valence-electron chi connectivity index (χ1n) is 1.56. The summed E-state index contributed by atoms with van der Waals surface area (Å²) in [6.07, 6.45) is 1.57. The van der Waals surface area contributed by atoms with Gasteiger partial charge in [0.05, 0.1) is 6.20 Å². The molecule has 0 aromatic carbocycles. The van der Waals surface area contributed by atoms with E-state index in [9.17, 15) is 0 Å². The molecule has 0 saturated carbocycles. The smallest absolute Gasteiger partial charge is 0.265 e. The highest BCUT2D eigenvalue weighted by Crippen LogP contribution is 2.14. The fourth-order valence-corrected chi connectivity index (χ4v) is 0.984. The van der Waals surface area contributed by atoms with E-state index in [1.54, 1.807) is 6.20 Å². The third-order valence-corrected chi connectivity index (χ3v) is 1.18. The standard InChI is InChI=1S/C3HBr2NO/c4-2-1-6-3(5)7-2/h1H. The minimum atomic E-state index is 0.499. The van der Waals surface area contributed by atoms with E-state index in [0.29, 0.717) is 9.47 Å². The van der Waals surface area contributed by atoms with Gasteiger partial charge in [0, 0.05) is 15.9 Å². The first-order chi connectivity index (χ1) is 3.29. The summed E-state index contributed by atoms with van der Waals surface area (Å²) in [4.78, 5) is 4.22. The van der Waals surface area contributed by atoms with Crippen molar-refractivity contribution in [2.45, 2.75) is 0 Å². The van der Waals surface area contributed by atoms with E-state index >= 15 is 0 Å². The lowest BCUT2D eigenvalue weighted by molar-refractivity contribution is 0.506. The Labute approximate surface area is 57.2 Å². The number of nitrogens with zero attached hydrogens (tertiary/aromatic N) is 1. The Bertz CT molecular complexity index is 145. The van der Waals surface area contributed by atoms with Crippen LogP contribution in [0.2, 0.25) is 0 Å². The Morgan fingerprint density at radius 1 is 1.57 bits per heavy atom. The quantitative estimate of drug-likeness (QED) is 0.678. The molecule has 0 N–H and O–H groups in total. The van der Waals surface area contributed by atoms with Crippen LogP contribution in [-0.2, 0) is 0 Å². The molecular formula is C3HBr2NO. The van der Waals surface area contributed by atoms with Gasteiger partial charge in [-0.25, -0.2) is 4.98 Å². The van der Waals surface area contributed by atoms with Crippen LogP contribution < -0.4 is 0 Å². The van der Waals surface area contributed by atoms with Crippen molar-refractivity contribution in [2.75, 3.05) is 0 Å². The number of rotatable bonds is 0. The molecule has 1 aromatic rings. The first-order valence-corrected chi connectivity index (χ1v) is 3.14. The van der Waals surface area contributed by atoms with Gasteiger partial charge in [-0.2, -0.15) is 0 Å². The maximum atomic E-state index is 4.81. The van der Waals surface area contributed by atoms with Gasteiger partial charge in [0.2, 0.25) is 0 Å². The van der Waals surface area contributed by atoms with Crippen molar-refractivity contribution in [1.82, 2.24) is 4.98 Å². The molecule has 1 rings (SSSR count). The zero-order valence-electron chi connectivity index (χ0n) is 3.19. The van der Waals surface area contributed by atoms with Crippen molar-refractivity contribution < 1.29 is 4.42 Å². The molecule has 7 heavy (non-hydrogen) atoms. The lowest BCUT2D eigenvalue weighted by atomic mass is 11.0. The molecule has 38 valence electrons. The summed E-state index contributed by atoms with van der Waals surface area (Å²) < 4.78 is 5.44. The second kappa shape index (κ2) is 1.96. The molecule has 0 aliphatic rings. The largest absolute Gasteiger partial charge is 0.424 e. The van der Waals surface area contributed by atoms with Gasteiger partial charge < -0.3 is 4.42 Å². The fraction of sp³-hybridized carbons (Fsp3) is 0. The highest BCUT2D eigenvalue weighted by atomic mass is 79.9. The van der Waals surface area contributed by atoms with Gasteiger partial charge in [-0.15, -0.1) is 0 Å². The van der Waals surface area contributed by atoms with Crippen LogP contribution in [0.15, 0.2) is 20.1 Å². The number of aromatic nitrogens is 1. The molecule has 1 aromatic heterocycles. The first kappa shape index (κ1) is 5.31. The van der Waals surface area contributed by atoms with Gasteiger partial charge >= 0.3 is 0 Å². The van der Waals surface area contributed by atoms with Crippen LogP contribution in [0, 0.1) is 0 Å². The van der Waals surface area contributed by atoms with Gasteiger partial charge in [0.1, 0.15) is 0 Å². The molecule has 0 spiro atoms. The minimum absolute atomic E-state index is 0.499. The molecule has 0 atom stereocenters. The zero-order valence-corrected chi connectivity index (χ0v) is 6.36. The molecule has 2 nitrogen and oxygen atoms in total. The van der Waals surface area contributed by atoms with Crippen molar-refractivity contribution >= 4 is 31.9 Å². The van der Waals surface area contributed by atoms with Gasteiger partial charge in [0.25, 0.3) is 4.80 Å². The molecule has 0 radical (unpaired) electrons. The zero-order chi connectivity index (χ0) is 5.28. The number of hydrogen-bond donors (Lipinski definition) is 0. The molecule has 1 heterocycles. The monoisotopic (exact) mass is 225 g/mol. The third-order valence-electron chi connectivity index (χ3n) is 0.449. The Kier molecular flexibility index (Phi) is 1.49. The number of hydrogen-bond acceptors (Lipinski definition) is 2. The van der Waals surface area contributed by atoms with Crippen LogP contribution in [-0.4, -0.2) is 4.98 Å². The maximum absolute atomic E-state index is 4.81. The van der Waals surface area contributed by atoms with Gasteiger partial charge in [-0.3, -0.25) is 0 Å². The number of halogens is 2. The van der Waals surface area contributed by atoms with Crippen LogP contribution in [0.5, 0.6) is 0 Å². The van der Waals surface area contributed by atoms with Gasteiger partial charge in [-0.1, -0.05) is 0 Å². The molecule has 0 saturated heterocycles. The Balaban J connectivity index is 3.04. The van der Waals surface area contributed by atoms with Crippen molar-refractivity contribution in [2.24, 2.45) is 0 Å². The van der Waals surface area contributed by atoms with E-state index < -0.39 is 0 Å². The summed E-state index contributed by atoms with van der Waals surface area (Å²) in [6.45, 7) is 0. The van der Waals surface area contributed by atoms with Crippen LogP contribution in [0.3, 0.4) is 0 Å². The van der Waals surface area contributed by atoms with Crippen molar-refractivity contribution in [3.63, 3.8) is 0 Å². The van der Waals surface area contributed by atoms with Gasteiger partial charge in [-0.05, 0) is 15.9 Å². The molecule has 0 unspecified atom stereocenters. The van der Waals surface area contributed by atoms with E-state index in [-0.39, 0.29) is 0 Å². The van der Waals surface area contributed by atoms with E-state index in [2.05, 4.69) is 36.8 Å². The summed E-state index contributed by atoms with van der Waals surface area (Å²) in [5, 5.41) is 0. The average Bonchev–Trinajstić information content (AvgIpc) is 1.87. The Morgan fingerprint density at radius 3 is 2.43 bits per heavy atom. The molecule has 0 bridgehead atoms. The van der Waals surface area contributed by atoms with E-state index in [1.807, 2.05) is 0 Å². The SMILES string of the molecule is Brc1cnc(Br)o1. The predicted molar refractivity (Wildman–Crippen MR) is 31.9 cm³/mol. The van der Waals surface area contributed by atoms with E-state index in [0.717, 1.165) is 0 Å². The van der Waals surface area contributed by atoms with Crippen molar-refractivity contribution in [3.8, 4) is 0 Å². The minimum Gasteiger partial charge on any atom is -0.424 e. The molecule has 0 aliphatic heterocycles. The second-order valence-electron chi connectivity index (χ2n) is 0.917. The van der Waals surface area contributed by atoms with Crippen LogP contribution in [0.25, 0.3) is 0 Å². The van der Waals surface area contributed by atoms with Crippen LogP contribution >= 0.6 is 31.9 Å². The molecule has 0 amide bonds. The van der Waals surface area contributed by atoms with Crippen LogP contribution in [0.4, 0.5) is 0 Å². The normalized spacial score (nSPS) is 9.43. The molecule has 0 fully saturated rings. The van der Waals surface area contributed by atoms with E-state index in [4.69, 9.17) is 4.42 Å². The van der Waals surface area contributed by atoms with Crippen molar-refractivity contribution in [1.29, 1.82) is 0 Å². The highest BCUT2D eigenvalue weighted by Gasteiger charge is 1.91. The Hall–Kier alpha value is 0.170. The maximum Gasteiger partial charge on any atom is 0.265 e. The Morgan fingerprint density at radius 2 is 2.29 bits per heavy atom.